The highest BCUT2D eigenvalue weighted by molar-refractivity contribution is 6.30. The van der Waals surface area contributed by atoms with Gasteiger partial charge in [-0.3, -0.25) is 4.40 Å². The molecule has 22 heavy (non-hydrogen) atoms. The molecule has 3 rings (SSSR count). The quantitative estimate of drug-likeness (QED) is 0.727. The zero-order valence-corrected chi connectivity index (χ0v) is 12.3. The molecule has 0 fully saturated rings. The van der Waals surface area contributed by atoms with Crippen LogP contribution in [0.3, 0.4) is 0 Å². The Kier molecular flexibility index (Phi) is 3.60. The van der Waals surface area contributed by atoms with Gasteiger partial charge in [0.2, 0.25) is 0 Å². The number of aryl methyl sites for hydroxylation is 1. The molecule has 7 heteroatoms. The summed E-state index contributed by atoms with van der Waals surface area (Å²) in [5.41, 5.74) is 2.23. The number of hydrogen-bond donors (Lipinski definition) is 1. The maximum absolute atomic E-state index is 10.8. The van der Waals surface area contributed by atoms with Crippen molar-refractivity contribution in [2.24, 2.45) is 10.2 Å². The molecule has 0 radical (unpaired) electrons. The van der Waals surface area contributed by atoms with Gasteiger partial charge in [-0.2, -0.15) is 0 Å². The number of nitrogens with zero attached hydrogens (tertiary/aromatic N) is 4. The van der Waals surface area contributed by atoms with Gasteiger partial charge in [-0.05, 0) is 43.3 Å². The Morgan fingerprint density at radius 1 is 1.18 bits per heavy atom. The lowest BCUT2D eigenvalue weighted by molar-refractivity contribution is 0.0697. The average Bonchev–Trinajstić information content (AvgIpc) is 2.80. The molecule has 6 nitrogen and oxygen atoms in total. The highest BCUT2D eigenvalue weighted by Gasteiger charge is 2.08. The van der Waals surface area contributed by atoms with Crippen molar-refractivity contribution in [3.63, 3.8) is 0 Å². The van der Waals surface area contributed by atoms with Crippen molar-refractivity contribution in [1.29, 1.82) is 0 Å². The predicted octanol–water partition coefficient (Wildman–Crippen LogP) is 4.41. The van der Waals surface area contributed by atoms with E-state index in [0.29, 0.717) is 16.5 Å². The van der Waals surface area contributed by atoms with Gasteiger partial charge in [0.25, 0.3) is 0 Å². The first-order chi connectivity index (χ1) is 10.5. The van der Waals surface area contributed by atoms with E-state index < -0.39 is 5.97 Å². The summed E-state index contributed by atoms with van der Waals surface area (Å²) >= 11 is 5.99. The Morgan fingerprint density at radius 3 is 2.59 bits per heavy atom. The van der Waals surface area contributed by atoms with Gasteiger partial charge in [-0.1, -0.05) is 11.6 Å². The normalized spacial score (nSPS) is 11.4. The molecular weight excluding hydrogens is 304 g/mol. The first-order valence-electron chi connectivity index (χ1n) is 6.44. The minimum Gasteiger partial charge on any atom is -0.478 e. The number of hydrogen-bond acceptors (Lipinski definition) is 4. The maximum atomic E-state index is 10.8. The lowest BCUT2D eigenvalue weighted by atomic mass is 10.2. The van der Waals surface area contributed by atoms with Crippen LogP contribution in [0, 0.1) is 6.92 Å². The standard InChI is InChI=1S/C15H11ClN4O2/c1-9-14(20-8-11(16)4-7-13(20)17-9)19-18-12-5-2-10(3-6-12)15(21)22/h2-8H,1H3,(H,21,22). The molecule has 3 aromatic rings. The van der Waals surface area contributed by atoms with Gasteiger partial charge >= 0.3 is 5.97 Å². The van der Waals surface area contributed by atoms with Gasteiger partial charge in [0.15, 0.2) is 5.82 Å². The van der Waals surface area contributed by atoms with Crippen LogP contribution in [0.1, 0.15) is 16.1 Å². The van der Waals surface area contributed by atoms with Crippen molar-refractivity contribution in [3.8, 4) is 0 Å². The number of pyridine rings is 1. The summed E-state index contributed by atoms with van der Waals surface area (Å²) in [6.07, 6.45) is 1.72. The number of carboxylic acid groups (broad SMARTS) is 1. The molecule has 110 valence electrons. The zero-order valence-electron chi connectivity index (χ0n) is 11.6. The number of aromatic nitrogens is 2. The van der Waals surface area contributed by atoms with E-state index in [4.69, 9.17) is 16.7 Å². The number of halogens is 1. The summed E-state index contributed by atoms with van der Waals surface area (Å²) in [4.78, 5) is 15.2. The van der Waals surface area contributed by atoms with E-state index in [1.807, 2.05) is 6.92 Å². The molecule has 1 N–H and O–H groups in total. The van der Waals surface area contributed by atoms with Gasteiger partial charge in [0.1, 0.15) is 5.65 Å². The number of rotatable bonds is 3. The third kappa shape index (κ3) is 2.68. The van der Waals surface area contributed by atoms with E-state index in [-0.39, 0.29) is 5.56 Å². The van der Waals surface area contributed by atoms with Crippen molar-refractivity contribution < 1.29 is 9.90 Å². The number of carboxylic acids is 1. The van der Waals surface area contributed by atoms with Crippen molar-refractivity contribution in [2.45, 2.75) is 6.92 Å². The summed E-state index contributed by atoms with van der Waals surface area (Å²) in [6.45, 7) is 1.84. The van der Waals surface area contributed by atoms with Gasteiger partial charge in [0, 0.05) is 6.20 Å². The van der Waals surface area contributed by atoms with Crippen LogP contribution in [0.25, 0.3) is 5.65 Å². The summed E-state index contributed by atoms with van der Waals surface area (Å²) in [5.74, 6) is -0.393. The molecule has 0 unspecified atom stereocenters. The zero-order chi connectivity index (χ0) is 15.7. The van der Waals surface area contributed by atoms with Crippen LogP contribution in [0.5, 0.6) is 0 Å². The first kappa shape index (κ1) is 14.2. The van der Waals surface area contributed by atoms with Gasteiger partial charge < -0.3 is 5.11 Å². The Labute approximate surface area is 130 Å². The van der Waals surface area contributed by atoms with Crippen LogP contribution >= 0.6 is 11.6 Å². The minimum absolute atomic E-state index is 0.205. The molecule has 0 aliphatic carbocycles. The summed E-state index contributed by atoms with van der Waals surface area (Å²) < 4.78 is 1.76. The molecule has 0 bridgehead atoms. The van der Waals surface area contributed by atoms with Crippen molar-refractivity contribution in [1.82, 2.24) is 9.38 Å². The molecule has 0 saturated heterocycles. The van der Waals surface area contributed by atoms with Crippen molar-refractivity contribution in [2.75, 3.05) is 0 Å². The third-order valence-electron chi connectivity index (χ3n) is 3.10. The fourth-order valence-corrected chi connectivity index (χ4v) is 2.18. The summed E-state index contributed by atoms with van der Waals surface area (Å²) in [7, 11) is 0. The maximum Gasteiger partial charge on any atom is 0.335 e. The number of aromatic carboxylic acids is 1. The van der Waals surface area contributed by atoms with E-state index in [9.17, 15) is 4.79 Å². The van der Waals surface area contributed by atoms with Crippen LogP contribution in [-0.2, 0) is 0 Å². The molecule has 0 saturated carbocycles. The van der Waals surface area contributed by atoms with E-state index in [1.54, 1.807) is 34.9 Å². The van der Waals surface area contributed by atoms with Gasteiger partial charge in [-0.25, -0.2) is 9.78 Å². The monoisotopic (exact) mass is 314 g/mol. The first-order valence-corrected chi connectivity index (χ1v) is 6.82. The highest BCUT2D eigenvalue weighted by atomic mass is 35.5. The second kappa shape index (κ2) is 5.57. The minimum atomic E-state index is -0.976. The fraction of sp³-hybridized carbons (Fsp3) is 0.0667. The van der Waals surface area contributed by atoms with Crippen LogP contribution in [-0.4, -0.2) is 20.5 Å². The smallest absolute Gasteiger partial charge is 0.335 e. The summed E-state index contributed by atoms with van der Waals surface area (Å²) in [5, 5.41) is 17.8. The average molecular weight is 315 g/mol. The Balaban J connectivity index is 1.96. The number of benzene rings is 1. The lowest BCUT2D eigenvalue weighted by Gasteiger charge is -1.98. The van der Waals surface area contributed by atoms with Crippen LogP contribution in [0.2, 0.25) is 5.02 Å². The third-order valence-corrected chi connectivity index (χ3v) is 3.32. The van der Waals surface area contributed by atoms with E-state index in [2.05, 4.69) is 15.2 Å². The highest BCUT2D eigenvalue weighted by Crippen LogP contribution is 2.25. The second-order valence-electron chi connectivity index (χ2n) is 4.65. The molecule has 0 amide bonds. The van der Waals surface area contributed by atoms with Crippen molar-refractivity contribution >= 4 is 34.7 Å². The largest absolute Gasteiger partial charge is 0.478 e. The lowest BCUT2D eigenvalue weighted by Crippen LogP contribution is -1.93. The molecule has 0 spiro atoms. The molecule has 0 atom stereocenters. The molecule has 2 heterocycles. The number of fused-ring (bicyclic) bond motifs is 1. The predicted molar refractivity (Wildman–Crippen MR) is 82.5 cm³/mol. The van der Waals surface area contributed by atoms with Crippen molar-refractivity contribution in [3.05, 3.63) is 58.9 Å². The fourth-order valence-electron chi connectivity index (χ4n) is 2.02. The van der Waals surface area contributed by atoms with E-state index >= 15 is 0 Å². The molecule has 0 aliphatic heterocycles. The van der Waals surface area contributed by atoms with Crippen LogP contribution in [0.15, 0.2) is 52.8 Å². The molecule has 1 aromatic carbocycles. The van der Waals surface area contributed by atoms with Crippen LogP contribution in [0.4, 0.5) is 11.5 Å². The number of carbonyl (C=O) groups is 1. The Morgan fingerprint density at radius 2 is 1.91 bits per heavy atom. The molecule has 2 aromatic heterocycles. The molecule has 0 aliphatic rings. The van der Waals surface area contributed by atoms with Gasteiger partial charge in [0.05, 0.1) is 22.0 Å². The van der Waals surface area contributed by atoms with E-state index in [1.165, 1.54) is 12.1 Å². The number of imidazole rings is 1. The second-order valence-corrected chi connectivity index (χ2v) is 5.08. The van der Waals surface area contributed by atoms with Crippen LogP contribution < -0.4 is 0 Å². The Bertz CT molecular complexity index is 884. The number of azo groups is 1. The topological polar surface area (TPSA) is 79.3 Å². The SMILES string of the molecule is Cc1nc2ccc(Cl)cn2c1N=Nc1ccc(C(=O)O)cc1. The van der Waals surface area contributed by atoms with E-state index in [0.717, 1.165) is 11.3 Å². The summed E-state index contributed by atoms with van der Waals surface area (Å²) in [6, 6.07) is 9.71. The van der Waals surface area contributed by atoms with Gasteiger partial charge in [-0.15, -0.1) is 10.2 Å². The Hall–Kier alpha value is -2.73. The molecular formula is C15H11ClN4O2.